The van der Waals surface area contributed by atoms with Crippen molar-refractivity contribution in [1.82, 2.24) is 5.48 Å². The summed E-state index contributed by atoms with van der Waals surface area (Å²) in [6.45, 7) is 6.16. The quantitative estimate of drug-likeness (QED) is 0.574. The van der Waals surface area contributed by atoms with Crippen molar-refractivity contribution in [2.75, 3.05) is 20.3 Å². The Morgan fingerprint density at radius 2 is 2.00 bits per heavy atom. The van der Waals surface area contributed by atoms with Gasteiger partial charge in [-0.3, -0.25) is 4.84 Å². The van der Waals surface area contributed by atoms with Crippen LogP contribution in [0.4, 0.5) is 0 Å². The van der Waals surface area contributed by atoms with Crippen LogP contribution < -0.4 is 5.48 Å². The lowest BCUT2D eigenvalue weighted by Gasteiger charge is -2.09. The molecule has 84 valence electrons. The van der Waals surface area contributed by atoms with E-state index in [-0.39, 0.29) is 0 Å². The standard InChI is InChI=1S/C12H19NO2/c1-10-5-4-6-12(11(10)2)9-13-15-8-7-14-3/h4-6,13H,7-9H2,1-3H3. The summed E-state index contributed by atoms with van der Waals surface area (Å²) in [6.07, 6.45) is 0. The van der Waals surface area contributed by atoms with E-state index in [4.69, 9.17) is 9.57 Å². The van der Waals surface area contributed by atoms with Gasteiger partial charge < -0.3 is 4.74 Å². The molecule has 0 aromatic heterocycles. The Hall–Kier alpha value is -0.900. The van der Waals surface area contributed by atoms with Gasteiger partial charge in [-0.25, -0.2) is 0 Å². The normalized spacial score (nSPS) is 10.6. The van der Waals surface area contributed by atoms with Crippen molar-refractivity contribution in [2.45, 2.75) is 20.4 Å². The molecule has 0 saturated carbocycles. The summed E-state index contributed by atoms with van der Waals surface area (Å²) < 4.78 is 4.87. The van der Waals surface area contributed by atoms with Gasteiger partial charge >= 0.3 is 0 Å². The molecule has 0 amide bonds. The molecule has 0 unspecified atom stereocenters. The minimum atomic E-state index is 0.571. The van der Waals surface area contributed by atoms with E-state index in [9.17, 15) is 0 Å². The van der Waals surface area contributed by atoms with Gasteiger partial charge in [0.1, 0.15) is 0 Å². The molecule has 0 aliphatic heterocycles. The summed E-state index contributed by atoms with van der Waals surface area (Å²) in [4.78, 5) is 5.20. The number of hydrogen-bond acceptors (Lipinski definition) is 3. The molecular formula is C12H19NO2. The van der Waals surface area contributed by atoms with E-state index < -0.39 is 0 Å². The third-order valence-corrected chi connectivity index (χ3v) is 2.47. The van der Waals surface area contributed by atoms with Crippen LogP contribution in [-0.4, -0.2) is 20.3 Å². The molecule has 0 atom stereocenters. The molecule has 3 nitrogen and oxygen atoms in total. The van der Waals surface area contributed by atoms with Crippen LogP contribution in [0.3, 0.4) is 0 Å². The number of methoxy groups -OCH3 is 1. The Balaban J connectivity index is 2.34. The highest BCUT2D eigenvalue weighted by atomic mass is 16.7. The highest BCUT2D eigenvalue weighted by molar-refractivity contribution is 5.32. The first-order chi connectivity index (χ1) is 7.25. The first-order valence-corrected chi connectivity index (χ1v) is 5.14. The van der Waals surface area contributed by atoms with Gasteiger partial charge in [-0.05, 0) is 30.5 Å². The van der Waals surface area contributed by atoms with Crippen molar-refractivity contribution in [3.8, 4) is 0 Å². The van der Waals surface area contributed by atoms with Crippen LogP contribution in [0.5, 0.6) is 0 Å². The summed E-state index contributed by atoms with van der Waals surface area (Å²) >= 11 is 0. The van der Waals surface area contributed by atoms with Crippen LogP contribution in [0, 0.1) is 13.8 Å². The fourth-order valence-electron chi connectivity index (χ4n) is 1.33. The summed E-state index contributed by atoms with van der Waals surface area (Å²) in [5.41, 5.74) is 6.83. The molecule has 1 aromatic carbocycles. The summed E-state index contributed by atoms with van der Waals surface area (Å²) in [5.74, 6) is 0. The molecule has 0 spiro atoms. The molecule has 0 fully saturated rings. The molecule has 1 rings (SSSR count). The lowest BCUT2D eigenvalue weighted by Crippen LogP contribution is -2.17. The second kappa shape index (κ2) is 6.56. The SMILES string of the molecule is COCCONCc1cccc(C)c1C. The Labute approximate surface area is 91.4 Å². The van der Waals surface area contributed by atoms with E-state index in [1.807, 2.05) is 0 Å². The number of nitrogens with one attached hydrogen (secondary N) is 1. The zero-order chi connectivity index (χ0) is 11.1. The molecule has 0 aliphatic rings. The van der Waals surface area contributed by atoms with Gasteiger partial charge in [0.25, 0.3) is 0 Å². The Kier molecular flexibility index (Phi) is 5.32. The first-order valence-electron chi connectivity index (χ1n) is 5.14. The number of hydroxylamine groups is 1. The maximum absolute atomic E-state index is 5.20. The van der Waals surface area contributed by atoms with Crippen molar-refractivity contribution in [2.24, 2.45) is 0 Å². The minimum Gasteiger partial charge on any atom is -0.382 e. The monoisotopic (exact) mass is 209 g/mol. The van der Waals surface area contributed by atoms with Crippen molar-refractivity contribution in [3.05, 3.63) is 34.9 Å². The van der Waals surface area contributed by atoms with Gasteiger partial charge in [0.15, 0.2) is 0 Å². The molecule has 1 aromatic rings. The highest BCUT2D eigenvalue weighted by Gasteiger charge is 1.99. The largest absolute Gasteiger partial charge is 0.382 e. The van der Waals surface area contributed by atoms with Crippen LogP contribution in [0.25, 0.3) is 0 Å². The summed E-state index contributed by atoms with van der Waals surface area (Å²) in [6, 6.07) is 6.29. The third kappa shape index (κ3) is 4.00. The number of hydrogen-bond donors (Lipinski definition) is 1. The van der Waals surface area contributed by atoms with Crippen LogP contribution in [0.2, 0.25) is 0 Å². The van der Waals surface area contributed by atoms with Gasteiger partial charge in [-0.1, -0.05) is 18.2 Å². The van der Waals surface area contributed by atoms with Gasteiger partial charge in [0, 0.05) is 13.7 Å². The van der Waals surface area contributed by atoms with Crippen molar-refractivity contribution in [1.29, 1.82) is 0 Å². The van der Waals surface area contributed by atoms with Crippen LogP contribution in [-0.2, 0) is 16.1 Å². The van der Waals surface area contributed by atoms with E-state index in [2.05, 4.69) is 37.5 Å². The van der Waals surface area contributed by atoms with E-state index in [1.165, 1.54) is 16.7 Å². The smallest absolute Gasteiger partial charge is 0.0916 e. The van der Waals surface area contributed by atoms with E-state index in [1.54, 1.807) is 7.11 Å². The summed E-state index contributed by atoms with van der Waals surface area (Å²) in [5, 5.41) is 0. The number of ether oxygens (including phenoxy) is 1. The topological polar surface area (TPSA) is 30.5 Å². The molecule has 0 aliphatic carbocycles. The number of aryl methyl sites for hydroxylation is 1. The molecule has 0 heterocycles. The lowest BCUT2D eigenvalue weighted by atomic mass is 10.0. The van der Waals surface area contributed by atoms with E-state index in [0.717, 1.165) is 6.54 Å². The lowest BCUT2D eigenvalue weighted by molar-refractivity contribution is 0.00339. The van der Waals surface area contributed by atoms with Gasteiger partial charge in [0.2, 0.25) is 0 Å². The van der Waals surface area contributed by atoms with Gasteiger partial charge in [-0.2, -0.15) is 5.48 Å². The zero-order valence-corrected chi connectivity index (χ0v) is 9.67. The average Bonchev–Trinajstić information content (AvgIpc) is 2.24. The summed E-state index contributed by atoms with van der Waals surface area (Å²) in [7, 11) is 1.66. The maximum atomic E-state index is 5.20. The Bertz CT molecular complexity index is 300. The zero-order valence-electron chi connectivity index (χ0n) is 9.67. The maximum Gasteiger partial charge on any atom is 0.0916 e. The Morgan fingerprint density at radius 3 is 2.73 bits per heavy atom. The predicted molar refractivity (Wildman–Crippen MR) is 60.6 cm³/mol. The fourth-order valence-corrected chi connectivity index (χ4v) is 1.33. The second-order valence-corrected chi connectivity index (χ2v) is 3.52. The van der Waals surface area contributed by atoms with E-state index in [0.29, 0.717) is 13.2 Å². The van der Waals surface area contributed by atoms with Crippen LogP contribution in [0.15, 0.2) is 18.2 Å². The molecular weight excluding hydrogens is 190 g/mol. The fraction of sp³-hybridized carbons (Fsp3) is 0.500. The molecule has 1 N–H and O–H groups in total. The molecule has 0 saturated heterocycles. The average molecular weight is 209 g/mol. The van der Waals surface area contributed by atoms with Gasteiger partial charge in [-0.15, -0.1) is 0 Å². The Morgan fingerprint density at radius 1 is 1.20 bits per heavy atom. The first kappa shape index (κ1) is 12.2. The highest BCUT2D eigenvalue weighted by Crippen LogP contribution is 2.11. The van der Waals surface area contributed by atoms with Crippen molar-refractivity contribution < 1.29 is 9.57 Å². The van der Waals surface area contributed by atoms with Crippen LogP contribution in [0.1, 0.15) is 16.7 Å². The molecule has 0 radical (unpaired) electrons. The van der Waals surface area contributed by atoms with Crippen LogP contribution >= 0.6 is 0 Å². The predicted octanol–water partition coefficient (Wildman–Crippen LogP) is 1.97. The molecule has 15 heavy (non-hydrogen) atoms. The van der Waals surface area contributed by atoms with Crippen molar-refractivity contribution in [3.63, 3.8) is 0 Å². The van der Waals surface area contributed by atoms with E-state index >= 15 is 0 Å². The molecule has 3 heteroatoms. The van der Waals surface area contributed by atoms with Gasteiger partial charge in [0.05, 0.1) is 13.2 Å². The minimum absolute atomic E-state index is 0.571. The second-order valence-electron chi connectivity index (χ2n) is 3.52. The third-order valence-electron chi connectivity index (χ3n) is 2.47. The molecule has 0 bridgehead atoms. The number of benzene rings is 1. The van der Waals surface area contributed by atoms with Crippen molar-refractivity contribution >= 4 is 0 Å². The number of rotatable bonds is 6.